The molecular formula is C30H30N2O4. The molecule has 0 spiro atoms. The van der Waals surface area contributed by atoms with Crippen LogP contribution >= 0.6 is 0 Å². The zero-order valence-electron chi connectivity index (χ0n) is 20.6. The van der Waals surface area contributed by atoms with Gasteiger partial charge in [-0.2, -0.15) is 0 Å². The number of aromatic nitrogens is 1. The molecule has 0 radical (unpaired) electrons. The van der Waals surface area contributed by atoms with Crippen LogP contribution in [0.15, 0.2) is 83.3 Å². The number of carbonyl (C=O) groups is 1. The quantitative estimate of drug-likeness (QED) is 0.323. The second-order valence-electron chi connectivity index (χ2n) is 8.81. The van der Waals surface area contributed by atoms with E-state index in [2.05, 4.69) is 23.5 Å². The minimum Gasteiger partial charge on any atom is -0.482 e. The highest BCUT2D eigenvalue weighted by molar-refractivity contribution is 5.77. The highest BCUT2D eigenvalue weighted by atomic mass is 16.6. The number of ether oxygens (including phenoxy) is 2. The largest absolute Gasteiger partial charge is 0.482 e. The highest BCUT2D eigenvalue weighted by Crippen LogP contribution is 2.45. The maximum atomic E-state index is 11.9. The Kier molecular flexibility index (Phi) is 6.87. The van der Waals surface area contributed by atoms with Crippen molar-refractivity contribution in [1.82, 2.24) is 10.3 Å². The molecule has 0 amide bonds. The topological polar surface area (TPSA) is 73.6 Å². The Morgan fingerprint density at radius 2 is 1.72 bits per heavy atom. The lowest BCUT2D eigenvalue weighted by atomic mass is 9.76. The molecule has 1 atom stereocenters. The predicted molar refractivity (Wildman–Crippen MR) is 139 cm³/mol. The maximum Gasteiger partial charge on any atom is 0.344 e. The van der Waals surface area contributed by atoms with Crippen molar-refractivity contribution in [2.75, 3.05) is 20.3 Å². The number of hydrogen-bond acceptors (Lipinski definition) is 6. The number of carbonyl (C=O) groups excluding carboxylic acids is 1. The van der Waals surface area contributed by atoms with Crippen molar-refractivity contribution in [2.45, 2.75) is 31.7 Å². The third-order valence-corrected chi connectivity index (χ3v) is 6.72. The third-order valence-electron chi connectivity index (χ3n) is 6.72. The van der Waals surface area contributed by atoms with E-state index in [1.54, 1.807) is 6.92 Å². The molecule has 4 aromatic rings. The van der Waals surface area contributed by atoms with Gasteiger partial charge in [-0.25, -0.2) is 9.78 Å². The summed E-state index contributed by atoms with van der Waals surface area (Å²) in [4.78, 5) is 17.0. The van der Waals surface area contributed by atoms with Crippen LogP contribution in [-0.4, -0.2) is 31.2 Å². The molecule has 1 aliphatic rings. The van der Waals surface area contributed by atoms with Crippen LogP contribution in [0, 0.1) is 0 Å². The number of nitrogens with zero attached hydrogens (tertiary/aromatic N) is 1. The van der Waals surface area contributed by atoms with Crippen molar-refractivity contribution in [1.29, 1.82) is 0 Å². The van der Waals surface area contributed by atoms with Gasteiger partial charge in [-0.15, -0.1) is 0 Å². The number of esters is 1. The van der Waals surface area contributed by atoms with Gasteiger partial charge in [0, 0.05) is 11.1 Å². The van der Waals surface area contributed by atoms with E-state index in [9.17, 15) is 4.79 Å². The molecule has 1 aromatic heterocycles. The zero-order chi connectivity index (χ0) is 25.0. The van der Waals surface area contributed by atoms with E-state index in [0.29, 0.717) is 18.2 Å². The molecule has 1 unspecified atom stereocenters. The van der Waals surface area contributed by atoms with Crippen LogP contribution in [0.5, 0.6) is 5.75 Å². The number of oxazole rings is 1. The smallest absolute Gasteiger partial charge is 0.344 e. The first-order chi connectivity index (χ1) is 17.7. The summed E-state index contributed by atoms with van der Waals surface area (Å²) in [5.41, 5.74) is 4.27. The fraction of sp³-hybridized carbons (Fsp3) is 0.267. The Morgan fingerprint density at radius 1 is 1.00 bits per heavy atom. The van der Waals surface area contributed by atoms with Gasteiger partial charge < -0.3 is 19.2 Å². The Bertz CT molecular complexity index is 1280. The fourth-order valence-electron chi connectivity index (χ4n) is 5.03. The van der Waals surface area contributed by atoms with Gasteiger partial charge in [-0.3, -0.25) is 0 Å². The van der Waals surface area contributed by atoms with E-state index in [1.165, 1.54) is 0 Å². The average molecular weight is 483 g/mol. The lowest BCUT2D eigenvalue weighted by Gasteiger charge is -2.37. The van der Waals surface area contributed by atoms with Gasteiger partial charge in [0.2, 0.25) is 5.89 Å². The van der Waals surface area contributed by atoms with Crippen molar-refractivity contribution in [3.63, 3.8) is 0 Å². The molecule has 0 bridgehead atoms. The number of rotatable bonds is 8. The first-order valence-electron chi connectivity index (χ1n) is 12.4. The lowest BCUT2D eigenvalue weighted by molar-refractivity contribution is -0.145. The molecule has 1 aliphatic carbocycles. The van der Waals surface area contributed by atoms with Crippen molar-refractivity contribution in [3.05, 3.63) is 95.9 Å². The minimum atomic E-state index is -0.632. The predicted octanol–water partition coefficient (Wildman–Crippen LogP) is 5.75. The van der Waals surface area contributed by atoms with E-state index < -0.39 is 5.54 Å². The number of hydrogen-bond donors (Lipinski definition) is 1. The first kappa shape index (κ1) is 23.8. The summed E-state index contributed by atoms with van der Waals surface area (Å²) in [6.45, 7) is 2.00. The van der Waals surface area contributed by atoms with Crippen LogP contribution in [-0.2, 0) is 21.5 Å². The normalized spacial score (nSPS) is 16.8. The van der Waals surface area contributed by atoms with Crippen LogP contribution in [0.3, 0.4) is 0 Å². The Morgan fingerprint density at radius 3 is 2.42 bits per heavy atom. The van der Waals surface area contributed by atoms with Crippen molar-refractivity contribution < 1.29 is 18.7 Å². The molecule has 1 N–H and O–H groups in total. The molecule has 3 aromatic carbocycles. The monoisotopic (exact) mass is 482 g/mol. The minimum absolute atomic E-state index is 0.119. The number of fused-ring (bicyclic) bond motifs is 1. The highest BCUT2D eigenvalue weighted by Gasteiger charge is 2.43. The number of benzene rings is 3. The lowest BCUT2D eigenvalue weighted by Crippen LogP contribution is -2.44. The van der Waals surface area contributed by atoms with Gasteiger partial charge in [-0.1, -0.05) is 72.8 Å². The van der Waals surface area contributed by atoms with Gasteiger partial charge in [0.25, 0.3) is 0 Å². The van der Waals surface area contributed by atoms with Crippen LogP contribution in [0.25, 0.3) is 22.6 Å². The summed E-state index contributed by atoms with van der Waals surface area (Å²) in [5, 5.41) is 3.54. The van der Waals surface area contributed by atoms with Crippen molar-refractivity contribution in [2.24, 2.45) is 0 Å². The van der Waals surface area contributed by atoms with E-state index >= 15 is 0 Å². The summed E-state index contributed by atoms with van der Waals surface area (Å²) in [7, 11) is 1.94. The van der Waals surface area contributed by atoms with Gasteiger partial charge in [0.1, 0.15) is 17.0 Å². The standard InChI is InChI=1S/C30H30N2O4/c1-3-34-26(33)20-35-25-18-10-17-24-23(25)16-11-19-30(24,31-2)29-32-27(21-12-6-4-7-13-21)28(36-29)22-14-8-5-9-15-22/h4-10,12-15,17-18,31H,3,11,16,19-20H2,1-2H3. The molecule has 36 heavy (non-hydrogen) atoms. The fourth-order valence-corrected chi connectivity index (χ4v) is 5.03. The Balaban J connectivity index is 1.61. The Hall–Kier alpha value is -3.90. The van der Waals surface area contributed by atoms with E-state index in [1.807, 2.05) is 67.7 Å². The van der Waals surface area contributed by atoms with Gasteiger partial charge in [0.15, 0.2) is 12.4 Å². The molecule has 0 saturated heterocycles. The maximum absolute atomic E-state index is 11.9. The second kappa shape index (κ2) is 10.4. The van der Waals surface area contributed by atoms with Gasteiger partial charge in [0.05, 0.1) is 6.61 Å². The van der Waals surface area contributed by atoms with E-state index in [4.69, 9.17) is 18.9 Å². The van der Waals surface area contributed by atoms with Crippen LogP contribution in [0.2, 0.25) is 0 Å². The SMILES string of the molecule is CCOC(=O)COc1cccc2c1CCCC2(NC)c1nc(-c2ccccc2)c(-c2ccccc2)o1. The summed E-state index contributed by atoms with van der Waals surface area (Å²) in [6.07, 6.45) is 2.58. The first-order valence-corrected chi connectivity index (χ1v) is 12.4. The third kappa shape index (κ3) is 4.40. The van der Waals surface area contributed by atoms with Crippen molar-refractivity contribution >= 4 is 5.97 Å². The Labute approximate surface area is 211 Å². The van der Waals surface area contributed by atoms with Crippen LogP contribution in [0.4, 0.5) is 0 Å². The number of nitrogens with one attached hydrogen (secondary N) is 1. The molecule has 0 saturated carbocycles. The van der Waals surface area contributed by atoms with Crippen LogP contribution in [0.1, 0.15) is 36.8 Å². The summed E-state index contributed by atoms with van der Waals surface area (Å²) in [6, 6.07) is 26.2. The molecule has 6 nitrogen and oxygen atoms in total. The van der Waals surface area contributed by atoms with Gasteiger partial charge in [-0.05, 0) is 50.4 Å². The average Bonchev–Trinajstić information content (AvgIpc) is 3.39. The van der Waals surface area contributed by atoms with Crippen LogP contribution < -0.4 is 10.1 Å². The molecular weight excluding hydrogens is 452 g/mol. The molecule has 6 heteroatoms. The zero-order valence-corrected chi connectivity index (χ0v) is 20.6. The molecule has 5 rings (SSSR count). The molecule has 184 valence electrons. The second-order valence-corrected chi connectivity index (χ2v) is 8.81. The summed E-state index contributed by atoms with van der Waals surface area (Å²) < 4.78 is 17.6. The molecule has 0 fully saturated rings. The molecule has 0 aliphatic heterocycles. The van der Waals surface area contributed by atoms with Gasteiger partial charge >= 0.3 is 5.97 Å². The van der Waals surface area contributed by atoms with E-state index in [-0.39, 0.29) is 12.6 Å². The summed E-state index contributed by atoms with van der Waals surface area (Å²) >= 11 is 0. The van der Waals surface area contributed by atoms with Crippen molar-refractivity contribution in [3.8, 4) is 28.3 Å². The van der Waals surface area contributed by atoms with E-state index in [0.717, 1.165) is 53.0 Å². The molecule has 1 heterocycles. The summed E-state index contributed by atoms with van der Waals surface area (Å²) in [5.74, 6) is 1.68.